The van der Waals surface area contributed by atoms with Gasteiger partial charge < -0.3 is 10.1 Å². The van der Waals surface area contributed by atoms with Gasteiger partial charge in [-0.2, -0.15) is 0 Å². The lowest BCUT2D eigenvalue weighted by molar-refractivity contribution is -0.135. The first-order chi connectivity index (χ1) is 8.29. The van der Waals surface area contributed by atoms with Crippen molar-refractivity contribution in [2.45, 2.75) is 12.8 Å². The quantitative estimate of drug-likeness (QED) is 0.809. The maximum absolute atomic E-state index is 11.4. The molecule has 0 saturated heterocycles. The fourth-order valence-electron chi connectivity index (χ4n) is 1.68. The third kappa shape index (κ3) is 2.93. The van der Waals surface area contributed by atoms with Crippen LogP contribution >= 0.6 is 0 Å². The molecule has 1 aliphatic carbocycles. The Morgan fingerprint density at radius 1 is 1.41 bits per heavy atom. The lowest BCUT2D eigenvalue weighted by atomic mass is 10.0. The van der Waals surface area contributed by atoms with Crippen molar-refractivity contribution in [2.75, 3.05) is 12.4 Å². The Labute approximate surface area is 100 Å². The zero-order valence-corrected chi connectivity index (χ0v) is 9.64. The van der Waals surface area contributed by atoms with Crippen molar-refractivity contribution in [3.63, 3.8) is 0 Å². The molecule has 0 bridgehead atoms. The number of aromatic nitrogens is 1. The van der Waals surface area contributed by atoms with Crippen molar-refractivity contribution in [3.8, 4) is 0 Å². The zero-order chi connectivity index (χ0) is 12.1. The number of esters is 1. The third-order valence-electron chi connectivity index (χ3n) is 2.51. The smallest absolute Gasteiger partial charge is 0.337 e. The average molecular weight is 230 g/mol. The number of hydrogen-bond donors (Lipinski definition) is 1. The number of nitrogens with one attached hydrogen (secondary N) is 1. The summed E-state index contributed by atoms with van der Waals surface area (Å²) >= 11 is 0. The summed E-state index contributed by atoms with van der Waals surface area (Å²) in [5, 5.41) is 3.26. The first kappa shape index (κ1) is 11.4. The molecule has 1 aliphatic rings. The molecule has 0 fully saturated rings. The van der Waals surface area contributed by atoms with Crippen LogP contribution in [-0.4, -0.2) is 18.1 Å². The number of allylic oxidation sites excluding steroid dienone is 2. The van der Waals surface area contributed by atoms with Crippen LogP contribution in [0.5, 0.6) is 0 Å². The van der Waals surface area contributed by atoms with E-state index >= 15 is 0 Å². The van der Waals surface area contributed by atoms with Crippen LogP contribution in [0.1, 0.15) is 12.8 Å². The van der Waals surface area contributed by atoms with Gasteiger partial charge in [-0.05, 0) is 31.1 Å². The molecule has 4 heteroatoms. The molecule has 0 saturated carbocycles. The normalized spacial score (nSPS) is 14.6. The van der Waals surface area contributed by atoms with Crippen molar-refractivity contribution < 1.29 is 9.53 Å². The first-order valence-electron chi connectivity index (χ1n) is 5.45. The molecule has 0 spiro atoms. The van der Waals surface area contributed by atoms with Crippen LogP contribution in [0.15, 0.2) is 47.9 Å². The fourth-order valence-corrected chi connectivity index (χ4v) is 1.68. The predicted octanol–water partition coefficient (Wildman–Crippen LogP) is 2.27. The van der Waals surface area contributed by atoms with Gasteiger partial charge in [0.1, 0.15) is 0 Å². The molecule has 0 amide bonds. The van der Waals surface area contributed by atoms with Gasteiger partial charge in [0.15, 0.2) is 0 Å². The third-order valence-corrected chi connectivity index (χ3v) is 2.51. The molecule has 4 nitrogen and oxygen atoms in total. The van der Waals surface area contributed by atoms with E-state index in [9.17, 15) is 4.79 Å². The molecular formula is C13H14N2O2. The number of ether oxygens (including phenoxy) is 1. The minimum absolute atomic E-state index is 0.293. The summed E-state index contributed by atoms with van der Waals surface area (Å²) in [4.78, 5) is 15.3. The second-order valence-electron chi connectivity index (χ2n) is 3.72. The van der Waals surface area contributed by atoms with Crippen molar-refractivity contribution in [3.05, 3.63) is 47.9 Å². The van der Waals surface area contributed by atoms with Crippen LogP contribution in [0.3, 0.4) is 0 Å². The Morgan fingerprint density at radius 2 is 2.18 bits per heavy atom. The maximum atomic E-state index is 11.4. The van der Waals surface area contributed by atoms with Gasteiger partial charge in [0.25, 0.3) is 0 Å². The molecule has 0 atom stereocenters. The molecular weight excluding hydrogens is 216 g/mol. The van der Waals surface area contributed by atoms with Gasteiger partial charge in [-0.25, -0.2) is 4.79 Å². The summed E-state index contributed by atoms with van der Waals surface area (Å²) in [6.45, 7) is 0. The number of pyridine rings is 1. The SMILES string of the molecule is COC(=O)C1=CCCC(Nc2ccncc2)=C1. The summed E-state index contributed by atoms with van der Waals surface area (Å²) in [5.41, 5.74) is 2.59. The second kappa shape index (κ2) is 5.30. The predicted molar refractivity (Wildman–Crippen MR) is 65.3 cm³/mol. The van der Waals surface area contributed by atoms with Crippen molar-refractivity contribution >= 4 is 11.7 Å². The first-order valence-corrected chi connectivity index (χ1v) is 5.45. The van der Waals surface area contributed by atoms with E-state index < -0.39 is 0 Å². The van der Waals surface area contributed by atoms with Crippen molar-refractivity contribution in [1.29, 1.82) is 0 Å². The number of rotatable bonds is 3. The minimum Gasteiger partial charge on any atom is -0.465 e. The Balaban J connectivity index is 2.10. The van der Waals surface area contributed by atoms with Crippen LogP contribution in [0.4, 0.5) is 5.69 Å². The number of nitrogens with zero attached hydrogens (tertiary/aromatic N) is 1. The molecule has 0 unspecified atom stereocenters. The fraction of sp³-hybridized carbons (Fsp3) is 0.231. The number of methoxy groups -OCH3 is 1. The van der Waals surface area contributed by atoms with E-state index in [0.29, 0.717) is 5.57 Å². The highest BCUT2D eigenvalue weighted by atomic mass is 16.5. The minimum atomic E-state index is -0.293. The van der Waals surface area contributed by atoms with Gasteiger partial charge in [-0.3, -0.25) is 4.98 Å². The Morgan fingerprint density at radius 3 is 2.88 bits per heavy atom. The Kier molecular flexibility index (Phi) is 3.55. The maximum Gasteiger partial charge on any atom is 0.337 e. The van der Waals surface area contributed by atoms with E-state index in [-0.39, 0.29) is 5.97 Å². The zero-order valence-electron chi connectivity index (χ0n) is 9.64. The van der Waals surface area contributed by atoms with Gasteiger partial charge in [-0.15, -0.1) is 0 Å². The highest BCUT2D eigenvalue weighted by Gasteiger charge is 2.12. The summed E-state index contributed by atoms with van der Waals surface area (Å²) in [5.74, 6) is -0.293. The molecule has 1 aromatic heterocycles. The summed E-state index contributed by atoms with van der Waals surface area (Å²) < 4.78 is 4.70. The molecule has 1 aromatic rings. The number of carbonyl (C=O) groups is 1. The van der Waals surface area contributed by atoms with Crippen LogP contribution in [0.2, 0.25) is 0 Å². The van der Waals surface area contributed by atoms with E-state index in [1.54, 1.807) is 12.4 Å². The molecule has 0 radical (unpaired) electrons. The van der Waals surface area contributed by atoms with E-state index in [1.165, 1.54) is 7.11 Å². The van der Waals surface area contributed by atoms with Crippen LogP contribution in [0, 0.1) is 0 Å². The largest absolute Gasteiger partial charge is 0.465 e. The van der Waals surface area contributed by atoms with Gasteiger partial charge >= 0.3 is 5.97 Å². The van der Waals surface area contributed by atoms with E-state index in [0.717, 1.165) is 24.2 Å². The van der Waals surface area contributed by atoms with Gasteiger partial charge in [0.2, 0.25) is 0 Å². The summed E-state index contributed by atoms with van der Waals surface area (Å²) in [7, 11) is 1.39. The van der Waals surface area contributed by atoms with Crippen LogP contribution in [-0.2, 0) is 9.53 Å². The number of anilines is 1. The second-order valence-corrected chi connectivity index (χ2v) is 3.72. The number of carbonyl (C=O) groups excluding carboxylic acids is 1. The molecule has 0 aliphatic heterocycles. The van der Waals surface area contributed by atoms with Gasteiger partial charge in [0.05, 0.1) is 12.7 Å². The standard InChI is InChI=1S/C13H14N2O2/c1-17-13(16)10-3-2-4-12(9-10)15-11-5-7-14-8-6-11/h3,5-9H,2,4H2,1H3,(H,14,15). The highest BCUT2D eigenvalue weighted by Crippen LogP contribution is 2.20. The average Bonchev–Trinajstić information content (AvgIpc) is 2.39. The topological polar surface area (TPSA) is 51.2 Å². The molecule has 17 heavy (non-hydrogen) atoms. The Bertz CT molecular complexity index is 464. The number of hydrogen-bond acceptors (Lipinski definition) is 4. The van der Waals surface area contributed by atoms with Crippen molar-refractivity contribution in [1.82, 2.24) is 4.98 Å². The lowest BCUT2D eigenvalue weighted by Gasteiger charge is -2.14. The van der Waals surface area contributed by atoms with Crippen LogP contribution < -0.4 is 5.32 Å². The monoisotopic (exact) mass is 230 g/mol. The van der Waals surface area contributed by atoms with Gasteiger partial charge in [0, 0.05) is 23.8 Å². The van der Waals surface area contributed by atoms with Gasteiger partial charge in [-0.1, -0.05) is 6.08 Å². The Hall–Kier alpha value is -2.10. The summed E-state index contributed by atoms with van der Waals surface area (Å²) in [6, 6.07) is 3.77. The molecule has 1 N–H and O–H groups in total. The molecule has 2 rings (SSSR count). The summed E-state index contributed by atoms with van der Waals surface area (Å²) in [6.07, 6.45) is 8.90. The van der Waals surface area contributed by atoms with Crippen molar-refractivity contribution in [2.24, 2.45) is 0 Å². The lowest BCUT2D eigenvalue weighted by Crippen LogP contribution is -2.09. The molecule has 88 valence electrons. The van der Waals surface area contributed by atoms with E-state index in [1.807, 2.05) is 24.3 Å². The van der Waals surface area contributed by atoms with E-state index in [4.69, 9.17) is 4.74 Å². The van der Waals surface area contributed by atoms with E-state index in [2.05, 4.69) is 10.3 Å². The van der Waals surface area contributed by atoms with Crippen LogP contribution in [0.25, 0.3) is 0 Å². The molecule has 0 aromatic carbocycles. The highest BCUT2D eigenvalue weighted by molar-refractivity contribution is 5.92. The molecule has 1 heterocycles.